The quantitative estimate of drug-likeness (QED) is 0.483. The van der Waals surface area contributed by atoms with Gasteiger partial charge in [-0.3, -0.25) is 24.2 Å². The number of hydrogen-bond donors (Lipinski definition) is 3. The summed E-state index contributed by atoms with van der Waals surface area (Å²) < 4.78 is 0. The second kappa shape index (κ2) is 15.2. The Hall–Kier alpha value is -1.93. The minimum atomic E-state index is -0.250. The van der Waals surface area contributed by atoms with Crippen molar-refractivity contribution in [1.29, 1.82) is 0 Å². The number of allylic oxidation sites excluding steroid dienone is 1. The molecular weight excluding hydrogens is 350 g/mol. The van der Waals surface area contributed by atoms with Gasteiger partial charge in [-0.15, -0.1) is 0 Å². The number of nitrogens with zero attached hydrogens (tertiary/aromatic N) is 2. The van der Waals surface area contributed by atoms with E-state index in [9.17, 15) is 4.79 Å². The van der Waals surface area contributed by atoms with Crippen molar-refractivity contribution in [2.24, 2.45) is 5.92 Å². The van der Waals surface area contributed by atoms with Crippen LogP contribution in [0.25, 0.3) is 0 Å². The van der Waals surface area contributed by atoms with Crippen molar-refractivity contribution >= 4 is 18.9 Å². The molecule has 0 unspecified atom stereocenters. The molecule has 0 aromatic rings. The summed E-state index contributed by atoms with van der Waals surface area (Å²) in [5.41, 5.74) is 1.39. The fraction of sp³-hybridized carbons (Fsp3) is 0.737. The Bertz CT molecular complexity index is 452. The number of carbonyl (C=O) groups excluding carboxylic acids is 1. The Morgan fingerprint density at radius 1 is 1.07 bits per heavy atom. The fourth-order valence-corrected chi connectivity index (χ4v) is 3.29. The highest BCUT2D eigenvalue weighted by Crippen LogP contribution is 2.18. The summed E-state index contributed by atoms with van der Waals surface area (Å²) >= 11 is 0. The molecule has 8 nitrogen and oxygen atoms in total. The first-order chi connectivity index (χ1) is 12.9. The molecule has 0 aromatic heterocycles. The molecule has 156 valence electrons. The third-order valence-electron chi connectivity index (χ3n) is 4.85. The lowest BCUT2D eigenvalue weighted by Crippen LogP contribution is -2.44. The molecule has 0 aromatic carbocycles. The smallest absolute Gasteiger partial charge is 0.290 e. The van der Waals surface area contributed by atoms with E-state index in [1.807, 2.05) is 0 Å². The molecule has 3 N–H and O–H groups in total. The molecule has 2 heterocycles. The molecule has 0 bridgehead atoms. The van der Waals surface area contributed by atoms with Gasteiger partial charge in [-0.1, -0.05) is 11.6 Å². The highest BCUT2D eigenvalue weighted by molar-refractivity contribution is 5.81. The minimum Gasteiger partial charge on any atom is -0.483 e. The number of nitrogens with one attached hydrogen (secondary N) is 1. The van der Waals surface area contributed by atoms with Gasteiger partial charge in [-0.05, 0) is 72.1 Å². The first kappa shape index (κ1) is 25.1. The monoisotopic (exact) mass is 385 g/mol. The van der Waals surface area contributed by atoms with Crippen LogP contribution < -0.4 is 5.32 Å². The van der Waals surface area contributed by atoms with E-state index in [0.717, 1.165) is 45.6 Å². The first-order valence-corrected chi connectivity index (χ1v) is 9.38. The van der Waals surface area contributed by atoms with Gasteiger partial charge in [0.1, 0.15) is 0 Å². The number of piperidine rings is 1. The summed E-state index contributed by atoms with van der Waals surface area (Å²) in [6, 6.07) is 0.114. The van der Waals surface area contributed by atoms with Crippen molar-refractivity contribution in [3.8, 4) is 0 Å². The van der Waals surface area contributed by atoms with E-state index in [1.165, 1.54) is 18.4 Å². The molecule has 8 heteroatoms. The number of carbonyl (C=O) groups is 3. The van der Waals surface area contributed by atoms with Crippen molar-refractivity contribution < 1.29 is 24.6 Å². The van der Waals surface area contributed by atoms with Crippen LogP contribution in [0.3, 0.4) is 0 Å². The Morgan fingerprint density at radius 3 is 2.07 bits per heavy atom. The van der Waals surface area contributed by atoms with Crippen molar-refractivity contribution in [2.45, 2.75) is 45.6 Å². The van der Waals surface area contributed by atoms with E-state index in [-0.39, 0.29) is 24.9 Å². The Kier molecular flexibility index (Phi) is 14.1. The van der Waals surface area contributed by atoms with E-state index in [0.29, 0.717) is 5.92 Å². The average Bonchev–Trinajstić information content (AvgIpc) is 3.06. The largest absolute Gasteiger partial charge is 0.483 e. The minimum absolute atomic E-state index is 0.114. The third kappa shape index (κ3) is 11.4. The second-order valence-electron chi connectivity index (χ2n) is 7.12. The Balaban J connectivity index is 0.000000997. The molecule has 2 aliphatic rings. The Labute approximate surface area is 162 Å². The zero-order chi connectivity index (χ0) is 20.7. The molecule has 2 saturated heterocycles. The van der Waals surface area contributed by atoms with Gasteiger partial charge in [-0.25, -0.2) is 0 Å². The maximum atomic E-state index is 12.2. The third-order valence-corrected chi connectivity index (χ3v) is 4.85. The highest BCUT2D eigenvalue weighted by atomic mass is 16.3. The molecular formula is C19H35N3O5. The van der Waals surface area contributed by atoms with E-state index in [1.54, 1.807) is 0 Å². The van der Waals surface area contributed by atoms with Crippen LogP contribution in [-0.4, -0.2) is 84.7 Å². The molecule has 2 rings (SSSR count). The van der Waals surface area contributed by atoms with Crippen molar-refractivity contribution in [2.75, 3.05) is 39.8 Å². The normalized spacial score (nSPS) is 20.3. The molecule has 2 aliphatic heterocycles. The van der Waals surface area contributed by atoms with Gasteiger partial charge in [0, 0.05) is 13.1 Å². The number of rotatable bonds is 5. The van der Waals surface area contributed by atoms with Gasteiger partial charge >= 0.3 is 0 Å². The highest BCUT2D eigenvalue weighted by Gasteiger charge is 2.28. The summed E-state index contributed by atoms with van der Waals surface area (Å²) in [7, 11) is 2.05. The summed E-state index contributed by atoms with van der Waals surface area (Å²) in [5.74, 6) is 0.894. The second-order valence-corrected chi connectivity index (χ2v) is 7.12. The lowest BCUT2D eigenvalue weighted by atomic mass is 9.96. The van der Waals surface area contributed by atoms with Gasteiger partial charge in [0.2, 0.25) is 5.91 Å². The van der Waals surface area contributed by atoms with Crippen LogP contribution in [0, 0.1) is 5.92 Å². The molecule has 1 amide bonds. The zero-order valence-corrected chi connectivity index (χ0v) is 16.8. The lowest BCUT2D eigenvalue weighted by molar-refractivity contribution is -0.125. The van der Waals surface area contributed by atoms with E-state index < -0.39 is 0 Å². The molecule has 0 saturated carbocycles. The summed E-state index contributed by atoms with van der Waals surface area (Å²) in [4.78, 5) is 33.6. The summed E-state index contributed by atoms with van der Waals surface area (Å²) in [6.07, 6.45) is 6.88. The van der Waals surface area contributed by atoms with Gasteiger partial charge in [0.05, 0.1) is 6.04 Å². The summed E-state index contributed by atoms with van der Waals surface area (Å²) in [5, 5.41) is 17.0. The average molecular weight is 386 g/mol. The number of amides is 1. The Morgan fingerprint density at radius 2 is 1.63 bits per heavy atom. The van der Waals surface area contributed by atoms with Gasteiger partial charge in [0.25, 0.3) is 12.9 Å². The van der Waals surface area contributed by atoms with Crippen LogP contribution >= 0.6 is 0 Å². The zero-order valence-electron chi connectivity index (χ0n) is 16.8. The number of likely N-dealkylation sites (tertiary alicyclic amines) is 2. The van der Waals surface area contributed by atoms with Crippen LogP contribution in [0.15, 0.2) is 11.6 Å². The molecule has 0 aliphatic carbocycles. The van der Waals surface area contributed by atoms with Crippen LogP contribution in [0.5, 0.6) is 0 Å². The van der Waals surface area contributed by atoms with Crippen LogP contribution in [0.4, 0.5) is 0 Å². The van der Waals surface area contributed by atoms with Crippen LogP contribution in [0.1, 0.15) is 39.5 Å². The van der Waals surface area contributed by atoms with Crippen LogP contribution in [-0.2, 0) is 14.4 Å². The maximum Gasteiger partial charge on any atom is 0.290 e. The topological polar surface area (TPSA) is 110 Å². The molecule has 2 fully saturated rings. The molecule has 0 spiro atoms. The molecule has 1 atom stereocenters. The SMILES string of the molecule is CC(C)=CCN1CCC(CNC(=O)[C@@H]2CCCN2C)CC1.O=CO.O=CO. The summed E-state index contributed by atoms with van der Waals surface area (Å²) in [6.45, 7) is 9.13. The van der Waals surface area contributed by atoms with Crippen molar-refractivity contribution in [3.63, 3.8) is 0 Å². The lowest BCUT2D eigenvalue weighted by Gasteiger charge is -2.31. The van der Waals surface area contributed by atoms with E-state index in [4.69, 9.17) is 19.8 Å². The van der Waals surface area contributed by atoms with E-state index >= 15 is 0 Å². The number of likely N-dealkylation sites (N-methyl/N-ethyl adjacent to an activating group) is 1. The molecule has 0 radical (unpaired) electrons. The van der Waals surface area contributed by atoms with Crippen molar-refractivity contribution in [1.82, 2.24) is 15.1 Å². The number of carboxylic acid groups (broad SMARTS) is 2. The maximum absolute atomic E-state index is 12.2. The molecule has 27 heavy (non-hydrogen) atoms. The van der Waals surface area contributed by atoms with Gasteiger partial charge in [0.15, 0.2) is 0 Å². The van der Waals surface area contributed by atoms with Crippen LogP contribution in [0.2, 0.25) is 0 Å². The van der Waals surface area contributed by atoms with E-state index in [2.05, 4.69) is 42.1 Å². The van der Waals surface area contributed by atoms with Gasteiger partial charge in [-0.2, -0.15) is 0 Å². The first-order valence-electron chi connectivity index (χ1n) is 9.38. The predicted molar refractivity (Wildman–Crippen MR) is 105 cm³/mol. The predicted octanol–water partition coefficient (Wildman–Crippen LogP) is 1.28. The van der Waals surface area contributed by atoms with Crippen molar-refractivity contribution in [3.05, 3.63) is 11.6 Å². The standard InChI is InChI=1S/C17H31N3O.2CH2O2/c1-14(2)6-10-20-11-7-15(8-12-20)13-18-17(21)16-5-4-9-19(16)3;2*2-1-3/h6,15-16H,4-5,7-13H2,1-3H3,(H,18,21);2*1H,(H,2,3)/t16-;;/m0../s1. The van der Waals surface area contributed by atoms with Gasteiger partial charge < -0.3 is 15.5 Å². The number of hydrogen-bond acceptors (Lipinski definition) is 5. The fourth-order valence-electron chi connectivity index (χ4n) is 3.29.